The summed E-state index contributed by atoms with van der Waals surface area (Å²) in [6.45, 7) is 5.91. The molecule has 1 heterocycles. The zero-order chi connectivity index (χ0) is 15.6. The van der Waals surface area contributed by atoms with E-state index in [9.17, 15) is 4.79 Å². The number of nitrogens with one attached hydrogen (secondary N) is 2. The molecule has 0 saturated carbocycles. The zero-order valence-corrected chi connectivity index (χ0v) is 13.6. The van der Waals surface area contributed by atoms with Crippen LogP contribution in [0.25, 0.3) is 0 Å². The molecule has 0 aliphatic carbocycles. The molecule has 0 spiro atoms. The molecule has 0 bridgehead atoms. The number of carbonyl (C=O) groups excluding carboxylic acids is 1. The number of aryl methyl sites for hydroxylation is 1. The number of nitrogens with zero attached hydrogens (tertiary/aromatic N) is 1. The van der Waals surface area contributed by atoms with E-state index in [1.165, 1.54) is 11.3 Å². The Hall–Kier alpha value is -1.79. The van der Waals surface area contributed by atoms with E-state index in [-0.39, 0.29) is 17.8 Å². The largest absolute Gasteiger partial charge is 0.382 e. The van der Waals surface area contributed by atoms with E-state index in [0.29, 0.717) is 20.7 Å². The van der Waals surface area contributed by atoms with Crippen LogP contribution in [0.15, 0.2) is 18.2 Å². The number of anilines is 3. The number of rotatable bonds is 4. The molecule has 5 nitrogen and oxygen atoms in total. The highest BCUT2D eigenvalue weighted by atomic mass is 35.5. The lowest BCUT2D eigenvalue weighted by Gasteiger charge is -2.07. The predicted octanol–water partition coefficient (Wildman–Crippen LogP) is 3.76. The Morgan fingerprint density at radius 2 is 2.14 bits per heavy atom. The molecule has 0 unspecified atom stereocenters. The van der Waals surface area contributed by atoms with Gasteiger partial charge in [-0.15, -0.1) is 0 Å². The van der Waals surface area contributed by atoms with Gasteiger partial charge in [-0.1, -0.05) is 29.0 Å². The van der Waals surface area contributed by atoms with Crippen molar-refractivity contribution in [2.75, 3.05) is 16.4 Å². The molecule has 0 aliphatic heterocycles. The SMILES string of the molecule is Cc1ccc(Cl)c(NC(=O)c2sc(NC(C)C)nc2N)c1. The van der Waals surface area contributed by atoms with Crippen molar-refractivity contribution in [1.82, 2.24) is 4.98 Å². The van der Waals surface area contributed by atoms with Crippen LogP contribution in [0, 0.1) is 6.92 Å². The van der Waals surface area contributed by atoms with Crippen molar-refractivity contribution in [3.05, 3.63) is 33.7 Å². The number of hydrogen-bond donors (Lipinski definition) is 3. The van der Waals surface area contributed by atoms with Crippen LogP contribution < -0.4 is 16.4 Å². The molecule has 0 atom stereocenters. The number of benzene rings is 1. The van der Waals surface area contributed by atoms with E-state index < -0.39 is 0 Å². The average Bonchev–Trinajstić information content (AvgIpc) is 2.74. The van der Waals surface area contributed by atoms with Gasteiger partial charge in [0.2, 0.25) is 0 Å². The van der Waals surface area contributed by atoms with Gasteiger partial charge in [0, 0.05) is 6.04 Å². The molecule has 2 rings (SSSR count). The van der Waals surface area contributed by atoms with Crippen LogP contribution in [0.1, 0.15) is 29.1 Å². The molecule has 1 aromatic carbocycles. The normalized spacial score (nSPS) is 10.7. The molecule has 1 aromatic heterocycles. The van der Waals surface area contributed by atoms with Crippen molar-refractivity contribution in [2.45, 2.75) is 26.8 Å². The van der Waals surface area contributed by atoms with Crippen molar-refractivity contribution in [3.63, 3.8) is 0 Å². The van der Waals surface area contributed by atoms with Gasteiger partial charge in [0.05, 0.1) is 10.7 Å². The van der Waals surface area contributed by atoms with Crippen LogP contribution >= 0.6 is 22.9 Å². The predicted molar refractivity (Wildman–Crippen MR) is 89.4 cm³/mol. The fourth-order valence-electron chi connectivity index (χ4n) is 1.72. The van der Waals surface area contributed by atoms with Gasteiger partial charge >= 0.3 is 0 Å². The Labute approximate surface area is 132 Å². The minimum absolute atomic E-state index is 0.212. The van der Waals surface area contributed by atoms with Crippen LogP contribution in [-0.4, -0.2) is 16.9 Å². The summed E-state index contributed by atoms with van der Waals surface area (Å²) >= 11 is 7.29. The second kappa shape index (κ2) is 6.32. The zero-order valence-electron chi connectivity index (χ0n) is 12.0. The average molecular weight is 325 g/mol. The van der Waals surface area contributed by atoms with Crippen molar-refractivity contribution < 1.29 is 4.79 Å². The summed E-state index contributed by atoms with van der Waals surface area (Å²) in [5.74, 6) is -0.0984. The highest BCUT2D eigenvalue weighted by Gasteiger charge is 2.17. The summed E-state index contributed by atoms with van der Waals surface area (Å²) in [7, 11) is 0. The quantitative estimate of drug-likeness (QED) is 0.800. The van der Waals surface area contributed by atoms with Gasteiger partial charge in [-0.2, -0.15) is 0 Å². The molecule has 2 aromatic rings. The first kappa shape index (κ1) is 15.6. The molecular formula is C14H17ClN4OS. The molecule has 21 heavy (non-hydrogen) atoms. The fourth-order valence-corrected chi connectivity index (χ4v) is 2.81. The number of halogens is 1. The first-order chi connectivity index (χ1) is 9.86. The number of nitrogen functional groups attached to an aromatic ring is 1. The maximum Gasteiger partial charge on any atom is 0.269 e. The summed E-state index contributed by atoms with van der Waals surface area (Å²) in [5.41, 5.74) is 7.38. The monoisotopic (exact) mass is 324 g/mol. The van der Waals surface area contributed by atoms with E-state index in [0.717, 1.165) is 5.56 Å². The number of nitrogens with two attached hydrogens (primary N) is 1. The van der Waals surface area contributed by atoms with Crippen LogP contribution in [0.2, 0.25) is 5.02 Å². The van der Waals surface area contributed by atoms with Gasteiger partial charge in [-0.25, -0.2) is 4.98 Å². The summed E-state index contributed by atoms with van der Waals surface area (Å²) < 4.78 is 0. The molecular weight excluding hydrogens is 308 g/mol. The molecule has 4 N–H and O–H groups in total. The number of aromatic nitrogens is 1. The van der Waals surface area contributed by atoms with E-state index in [1.807, 2.05) is 32.9 Å². The maximum atomic E-state index is 12.3. The Kier molecular flexibility index (Phi) is 4.69. The number of amides is 1. The maximum absolute atomic E-state index is 12.3. The highest BCUT2D eigenvalue weighted by Crippen LogP contribution is 2.28. The Morgan fingerprint density at radius 1 is 1.43 bits per heavy atom. The van der Waals surface area contributed by atoms with Crippen LogP contribution in [-0.2, 0) is 0 Å². The second-order valence-corrected chi connectivity index (χ2v) is 6.38. The van der Waals surface area contributed by atoms with Gasteiger partial charge in [0.15, 0.2) is 5.13 Å². The first-order valence-electron chi connectivity index (χ1n) is 6.47. The van der Waals surface area contributed by atoms with Crippen LogP contribution in [0.4, 0.5) is 16.6 Å². The Morgan fingerprint density at radius 3 is 2.81 bits per heavy atom. The van der Waals surface area contributed by atoms with Crippen LogP contribution in [0.5, 0.6) is 0 Å². The van der Waals surface area contributed by atoms with E-state index in [2.05, 4.69) is 15.6 Å². The molecule has 1 amide bonds. The molecule has 0 radical (unpaired) electrons. The third-order valence-corrected chi connectivity index (χ3v) is 3.97. The van der Waals surface area contributed by atoms with E-state index in [4.69, 9.17) is 17.3 Å². The molecule has 0 saturated heterocycles. The third kappa shape index (κ3) is 3.86. The van der Waals surface area contributed by atoms with Crippen LogP contribution in [0.3, 0.4) is 0 Å². The lowest BCUT2D eigenvalue weighted by molar-refractivity contribution is 0.103. The van der Waals surface area contributed by atoms with E-state index >= 15 is 0 Å². The summed E-state index contributed by atoms with van der Waals surface area (Å²) in [6.07, 6.45) is 0. The smallest absolute Gasteiger partial charge is 0.269 e. The third-order valence-electron chi connectivity index (χ3n) is 2.64. The number of hydrogen-bond acceptors (Lipinski definition) is 5. The topological polar surface area (TPSA) is 80.0 Å². The molecule has 0 aliphatic rings. The highest BCUT2D eigenvalue weighted by molar-refractivity contribution is 7.18. The summed E-state index contributed by atoms with van der Waals surface area (Å²) in [6, 6.07) is 5.65. The Bertz CT molecular complexity index is 669. The summed E-state index contributed by atoms with van der Waals surface area (Å²) in [5, 5.41) is 7.00. The lowest BCUT2D eigenvalue weighted by Crippen LogP contribution is -2.12. The second-order valence-electron chi connectivity index (χ2n) is 4.97. The molecule has 0 fully saturated rings. The standard InChI is InChI=1S/C14H17ClN4OS/c1-7(2)17-14-19-12(16)11(21-14)13(20)18-10-6-8(3)4-5-9(10)15/h4-7H,16H2,1-3H3,(H,17,19)(H,18,20). The van der Waals surface area contributed by atoms with E-state index in [1.54, 1.807) is 6.07 Å². The van der Waals surface area contributed by atoms with Crippen molar-refractivity contribution in [3.8, 4) is 0 Å². The van der Waals surface area contributed by atoms with Crippen molar-refractivity contribution in [2.24, 2.45) is 0 Å². The number of carbonyl (C=O) groups is 1. The lowest BCUT2D eigenvalue weighted by atomic mass is 10.2. The van der Waals surface area contributed by atoms with Gasteiger partial charge < -0.3 is 16.4 Å². The van der Waals surface area contributed by atoms with Gasteiger partial charge in [-0.05, 0) is 38.5 Å². The first-order valence-corrected chi connectivity index (χ1v) is 7.66. The fraction of sp³-hybridized carbons (Fsp3) is 0.286. The van der Waals surface area contributed by atoms with Crippen molar-refractivity contribution >= 4 is 45.5 Å². The Balaban J connectivity index is 2.20. The molecule has 112 valence electrons. The van der Waals surface area contributed by atoms with Crippen molar-refractivity contribution in [1.29, 1.82) is 0 Å². The minimum atomic E-state index is -0.311. The minimum Gasteiger partial charge on any atom is -0.382 e. The van der Waals surface area contributed by atoms with Gasteiger partial charge in [0.1, 0.15) is 10.7 Å². The van der Waals surface area contributed by atoms with Gasteiger partial charge in [0.25, 0.3) is 5.91 Å². The molecule has 7 heteroatoms. The van der Waals surface area contributed by atoms with Gasteiger partial charge in [-0.3, -0.25) is 4.79 Å². The number of thiazole rings is 1. The summed E-state index contributed by atoms with van der Waals surface area (Å²) in [4.78, 5) is 16.8.